The van der Waals surface area contributed by atoms with Crippen LogP contribution in [0.2, 0.25) is 0 Å². The first-order valence-corrected chi connectivity index (χ1v) is 10.4. The third-order valence-corrected chi connectivity index (χ3v) is 5.88. The summed E-state index contributed by atoms with van der Waals surface area (Å²) in [5.41, 5.74) is 0. The van der Waals surface area contributed by atoms with Gasteiger partial charge in [0, 0.05) is 33.1 Å². The summed E-state index contributed by atoms with van der Waals surface area (Å²) in [5.74, 6) is -3.92. The number of amides is 1. The molecule has 1 atom stereocenters. The Labute approximate surface area is 183 Å². The molecule has 1 aliphatic heterocycles. The van der Waals surface area contributed by atoms with Gasteiger partial charge in [-0.15, -0.1) is 11.3 Å². The monoisotopic (exact) mass is 484 g/mol. The molecule has 178 valence electrons. The minimum atomic E-state index is -4.60. The number of aromatic nitrogens is 2. The second-order valence-corrected chi connectivity index (χ2v) is 8.39. The van der Waals surface area contributed by atoms with Gasteiger partial charge in [0.1, 0.15) is 29.8 Å². The van der Waals surface area contributed by atoms with Crippen LogP contribution < -0.4 is 9.64 Å². The lowest BCUT2D eigenvalue weighted by Crippen LogP contribution is -2.49. The van der Waals surface area contributed by atoms with E-state index in [1.54, 1.807) is 4.90 Å². The molecular weight excluding hydrogens is 463 g/mol. The largest absolute Gasteiger partial charge is 0.461 e. The minimum Gasteiger partial charge on any atom is -0.461 e. The molecule has 1 aliphatic rings. The molecule has 3 heterocycles. The molecule has 14 heteroatoms. The number of ether oxygens (including phenoxy) is 1. The standard InChI is InChI=1S/C18H21F5N4O4S/c1-17(19,20)12-6-11-14(24-16(25-15(11)32-12)31-9-10(29)8-28)27-4-2-26(3-5-27)13(30)7-18(21,22)23/h6,10,28-29H,2-5,7-9H2,1H3/t10-/m1/s1. The van der Waals surface area contributed by atoms with Crippen molar-refractivity contribution < 1.29 is 41.7 Å². The third-order valence-electron chi connectivity index (χ3n) is 4.68. The van der Waals surface area contributed by atoms with Crippen LogP contribution in [-0.2, 0) is 10.7 Å². The van der Waals surface area contributed by atoms with Crippen molar-refractivity contribution >= 4 is 33.3 Å². The van der Waals surface area contributed by atoms with Gasteiger partial charge in [0.25, 0.3) is 5.92 Å². The molecule has 2 aromatic heterocycles. The van der Waals surface area contributed by atoms with E-state index in [0.29, 0.717) is 5.39 Å². The van der Waals surface area contributed by atoms with Gasteiger partial charge in [-0.3, -0.25) is 4.79 Å². The van der Waals surface area contributed by atoms with Crippen molar-refractivity contribution in [1.29, 1.82) is 0 Å². The number of carbonyl (C=O) groups excluding carboxylic acids is 1. The predicted octanol–water partition coefficient (Wildman–Crippen LogP) is 2.14. The van der Waals surface area contributed by atoms with E-state index in [1.165, 1.54) is 6.07 Å². The number of rotatable bonds is 7. The summed E-state index contributed by atoms with van der Waals surface area (Å²) in [6.45, 7) is 0.105. The SMILES string of the molecule is CC(F)(F)c1cc2c(N3CCN(C(=O)CC(F)(F)F)CC3)nc(OC[C@H](O)CO)nc2s1. The molecule has 0 spiro atoms. The topological polar surface area (TPSA) is 99.0 Å². The Morgan fingerprint density at radius 1 is 1.22 bits per heavy atom. The predicted molar refractivity (Wildman–Crippen MR) is 105 cm³/mol. The smallest absolute Gasteiger partial charge is 0.397 e. The number of aliphatic hydroxyl groups excluding tert-OH is 2. The van der Waals surface area contributed by atoms with Gasteiger partial charge in [-0.05, 0) is 6.07 Å². The molecule has 0 aliphatic carbocycles. The second-order valence-electron chi connectivity index (χ2n) is 7.35. The van der Waals surface area contributed by atoms with E-state index in [1.807, 2.05) is 0 Å². The Kier molecular flexibility index (Phi) is 7.05. The first-order valence-electron chi connectivity index (χ1n) is 9.58. The van der Waals surface area contributed by atoms with Gasteiger partial charge in [0.05, 0.1) is 16.9 Å². The van der Waals surface area contributed by atoms with Gasteiger partial charge < -0.3 is 24.7 Å². The van der Waals surface area contributed by atoms with Crippen LogP contribution in [0, 0.1) is 0 Å². The maximum atomic E-state index is 13.9. The van der Waals surface area contributed by atoms with Crippen LogP contribution in [0.25, 0.3) is 10.2 Å². The Balaban J connectivity index is 1.85. The van der Waals surface area contributed by atoms with Gasteiger partial charge in [-0.2, -0.15) is 23.1 Å². The van der Waals surface area contributed by atoms with Crippen LogP contribution in [0.1, 0.15) is 18.2 Å². The number of fused-ring (bicyclic) bond motifs is 1. The van der Waals surface area contributed by atoms with E-state index < -0.39 is 37.1 Å². The van der Waals surface area contributed by atoms with Crippen molar-refractivity contribution in [1.82, 2.24) is 14.9 Å². The number of alkyl halides is 5. The maximum absolute atomic E-state index is 13.9. The van der Waals surface area contributed by atoms with Crippen molar-refractivity contribution in [3.05, 3.63) is 10.9 Å². The van der Waals surface area contributed by atoms with E-state index >= 15 is 0 Å². The number of piperazine rings is 1. The average molecular weight is 484 g/mol. The summed E-state index contributed by atoms with van der Waals surface area (Å²) < 4.78 is 70.5. The first-order chi connectivity index (χ1) is 14.9. The molecule has 1 saturated heterocycles. The number of thiophene rings is 1. The van der Waals surface area contributed by atoms with Crippen molar-refractivity contribution in [3.63, 3.8) is 0 Å². The first kappa shape index (κ1) is 24.3. The molecule has 0 unspecified atom stereocenters. The molecule has 0 aromatic carbocycles. The zero-order chi connectivity index (χ0) is 23.7. The molecule has 0 radical (unpaired) electrons. The van der Waals surface area contributed by atoms with Crippen LogP contribution in [0.15, 0.2) is 6.07 Å². The third kappa shape index (κ3) is 5.92. The number of halogens is 5. The fourth-order valence-corrected chi connectivity index (χ4v) is 4.03. The van der Waals surface area contributed by atoms with Gasteiger partial charge in [0.2, 0.25) is 5.91 Å². The van der Waals surface area contributed by atoms with E-state index in [4.69, 9.17) is 9.84 Å². The molecule has 0 saturated carbocycles. The number of aliphatic hydroxyl groups is 2. The van der Waals surface area contributed by atoms with Crippen molar-refractivity contribution in [2.24, 2.45) is 0 Å². The molecule has 0 bridgehead atoms. The highest BCUT2D eigenvalue weighted by Gasteiger charge is 2.35. The second kappa shape index (κ2) is 9.27. The fourth-order valence-electron chi connectivity index (χ4n) is 3.08. The number of carbonyl (C=O) groups is 1. The zero-order valence-corrected chi connectivity index (χ0v) is 17.7. The Morgan fingerprint density at radius 3 is 2.44 bits per heavy atom. The van der Waals surface area contributed by atoms with Gasteiger partial charge >= 0.3 is 12.2 Å². The molecular formula is C18H21F5N4O4S. The van der Waals surface area contributed by atoms with E-state index in [-0.39, 0.29) is 54.3 Å². The number of hydrogen-bond donors (Lipinski definition) is 2. The highest BCUT2D eigenvalue weighted by molar-refractivity contribution is 7.18. The van der Waals surface area contributed by atoms with Crippen LogP contribution in [0.3, 0.4) is 0 Å². The fraction of sp³-hybridized carbons (Fsp3) is 0.611. The summed E-state index contributed by atoms with van der Waals surface area (Å²) >= 11 is 0.739. The van der Waals surface area contributed by atoms with Crippen LogP contribution in [0.5, 0.6) is 6.01 Å². The quantitative estimate of drug-likeness (QED) is 0.581. The number of anilines is 1. The summed E-state index contributed by atoms with van der Waals surface area (Å²) in [6, 6.07) is 1.05. The van der Waals surface area contributed by atoms with Gasteiger partial charge in [-0.1, -0.05) is 0 Å². The molecule has 3 rings (SSSR count). The van der Waals surface area contributed by atoms with Crippen molar-refractivity contribution in [3.8, 4) is 6.01 Å². The maximum Gasteiger partial charge on any atom is 0.397 e. The lowest BCUT2D eigenvalue weighted by atomic mass is 10.2. The highest BCUT2D eigenvalue weighted by Crippen LogP contribution is 2.39. The average Bonchev–Trinajstić information content (AvgIpc) is 3.15. The summed E-state index contributed by atoms with van der Waals surface area (Å²) in [5, 5.41) is 18.7. The van der Waals surface area contributed by atoms with Gasteiger partial charge in [0.15, 0.2) is 0 Å². The van der Waals surface area contributed by atoms with Crippen LogP contribution in [0.4, 0.5) is 27.8 Å². The Morgan fingerprint density at radius 2 is 1.88 bits per heavy atom. The van der Waals surface area contributed by atoms with Crippen molar-refractivity contribution in [2.45, 2.75) is 31.5 Å². The molecule has 1 fully saturated rings. The normalized spacial score (nSPS) is 16.5. The summed E-state index contributed by atoms with van der Waals surface area (Å²) in [4.78, 5) is 22.9. The molecule has 32 heavy (non-hydrogen) atoms. The van der Waals surface area contributed by atoms with E-state index in [2.05, 4.69) is 9.97 Å². The molecule has 1 amide bonds. The van der Waals surface area contributed by atoms with Crippen LogP contribution in [-0.4, -0.2) is 82.7 Å². The number of hydrogen-bond acceptors (Lipinski definition) is 8. The van der Waals surface area contributed by atoms with E-state index in [0.717, 1.165) is 23.2 Å². The lowest BCUT2D eigenvalue weighted by molar-refractivity contribution is -0.161. The molecule has 2 aromatic rings. The Bertz CT molecular complexity index is 957. The lowest BCUT2D eigenvalue weighted by Gasteiger charge is -2.35. The summed E-state index contributed by atoms with van der Waals surface area (Å²) in [6.07, 6.45) is -7.34. The van der Waals surface area contributed by atoms with E-state index in [9.17, 15) is 31.9 Å². The van der Waals surface area contributed by atoms with Gasteiger partial charge in [-0.25, -0.2) is 8.78 Å². The number of nitrogens with zero attached hydrogens (tertiary/aromatic N) is 4. The molecule has 8 nitrogen and oxygen atoms in total. The minimum absolute atomic E-state index is 0.000752. The van der Waals surface area contributed by atoms with Crippen molar-refractivity contribution in [2.75, 3.05) is 44.3 Å². The summed E-state index contributed by atoms with van der Waals surface area (Å²) in [7, 11) is 0. The molecule has 2 N–H and O–H groups in total. The Hall–Kier alpha value is -2.32. The zero-order valence-electron chi connectivity index (χ0n) is 16.9. The highest BCUT2D eigenvalue weighted by atomic mass is 32.1. The van der Waals surface area contributed by atoms with Crippen LogP contribution >= 0.6 is 11.3 Å².